The predicted molar refractivity (Wildman–Crippen MR) is 32.5 cm³/mol. The molecule has 0 saturated carbocycles. The summed E-state index contributed by atoms with van der Waals surface area (Å²) in [7, 11) is 0. The largest absolute Gasteiger partial charge is 0.395 e. The Bertz CT molecular complexity index is 39.0. The second-order valence-electron chi connectivity index (χ2n) is 0.958. The maximum absolute atomic E-state index is 8.92. The molecular weight excluding hydrogens is 108 g/mol. The molecule has 4 heteroatoms. The Hall–Kier alpha value is -0.480. The quantitative estimate of drug-likeness (QED) is 0.491. The fraction of sp³-hybridized carbons (Fsp3) is 1.00. The summed E-state index contributed by atoms with van der Waals surface area (Å²) in [5.74, 6) is 0. The Balaban J connectivity index is 0. The van der Waals surface area contributed by atoms with Crippen LogP contribution >= 0.6 is 0 Å². The molecule has 0 aromatic rings. The second-order valence-corrected chi connectivity index (χ2v) is 0.958. The minimum absolute atomic E-state index is 0.0972. The van der Waals surface area contributed by atoms with Crippen molar-refractivity contribution in [3.05, 3.63) is 4.91 Å². The van der Waals surface area contributed by atoms with Gasteiger partial charge in [-0.1, -0.05) is 5.18 Å². The van der Waals surface area contributed by atoms with Crippen LogP contribution in [-0.2, 0) is 0 Å². The third kappa shape index (κ3) is 48.8. The highest BCUT2D eigenvalue weighted by Crippen LogP contribution is 1.52. The summed E-state index contributed by atoms with van der Waals surface area (Å²) in [4.78, 5) is 8.92. The van der Waals surface area contributed by atoms with Crippen molar-refractivity contribution in [2.45, 2.75) is 6.92 Å². The van der Waals surface area contributed by atoms with Crippen LogP contribution in [0.4, 0.5) is 0 Å². The third-order valence-corrected chi connectivity index (χ3v) is 0.258. The first-order chi connectivity index (χ1) is 3.83. The number of aliphatic hydroxyl groups is 1. The zero-order chi connectivity index (χ0) is 6.83. The van der Waals surface area contributed by atoms with Gasteiger partial charge in [-0.25, -0.2) is 0 Å². The highest BCUT2D eigenvalue weighted by Gasteiger charge is 1.56. The molecule has 0 atom stereocenters. The number of nitrogens with two attached hydrogens (primary N) is 1. The molecule has 4 nitrogen and oxygen atoms in total. The van der Waals surface area contributed by atoms with Crippen LogP contribution < -0.4 is 5.73 Å². The van der Waals surface area contributed by atoms with Gasteiger partial charge in [0.05, 0.1) is 13.2 Å². The van der Waals surface area contributed by atoms with Crippen molar-refractivity contribution >= 4 is 0 Å². The fourth-order valence-corrected chi connectivity index (χ4v) is 0. The zero-order valence-corrected chi connectivity index (χ0v) is 5.00. The lowest BCUT2D eigenvalue weighted by Crippen LogP contribution is -2.02. The molecule has 0 aliphatic heterocycles. The molecule has 50 valence electrons. The molecule has 8 heavy (non-hydrogen) atoms. The maximum atomic E-state index is 8.92. The average Bonchev–Trinajstić information content (AvgIpc) is 1.88. The van der Waals surface area contributed by atoms with Gasteiger partial charge in [-0.2, -0.15) is 4.91 Å². The molecule has 3 N–H and O–H groups in total. The van der Waals surface area contributed by atoms with Gasteiger partial charge in [-0.3, -0.25) is 0 Å². The molecule has 0 rings (SSSR count). The molecule has 0 aromatic carbocycles. The van der Waals surface area contributed by atoms with Gasteiger partial charge in [-0.05, 0) is 6.92 Å². The van der Waals surface area contributed by atoms with Gasteiger partial charge in [-0.15, -0.1) is 0 Å². The molecule has 0 radical (unpaired) electrons. The van der Waals surface area contributed by atoms with E-state index < -0.39 is 0 Å². The van der Waals surface area contributed by atoms with Crippen LogP contribution in [0.1, 0.15) is 6.92 Å². The summed E-state index contributed by atoms with van der Waals surface area (Å²) in [6.45, 7) is 2.56. The number of hydrogen-bond acceptors (Lipinski definition) is 4. The van der Waals surface area contributed by atoms with Crippen molar-refractivity contribution in [1.29, 1.82) is 0 Å². The molecular formula is C4H12N2O2. The summed E-state index contributed by atoms with van der Waals surface area (Å²) in [6, 6.07) is 0. The first-order valence-corrected chi connectivity index (χ1v) is 2.43. The summed E-state index contributed by atoms with van der Waals surface area (Å²) >= 11 is 0. The molecule has 0 fully saturated rings. The number of nitroso groups, excluding NO2 is 1. The average molecular weight is 120 g/mol. The van der Waals surface area contributed by atoms with E-state index in [1.165, 1.54) is 0 Å². The van der Waals surface area contributed by atoms with Gasteiger partial charge >= 0.3 is 0 Å². The first kappa shape index (κ1) is 10.5. The summed E-state index contributed by atoms with van der Waals surface area (Å²) in [6.07, 6.45) is 0. The number of aliphatic hydroxyl groups excluding tert-OH is 1. The minimum atomic E-state index is 0.0972. The fourth-order valence-electron chi connectivity index (χ4n) is 0. The molecule has 0 saturated heterocycles. The highest BCUT2D eigenvalue weighted by atomic mass is 16.3. The van der Waals surface area contributed by atoms with E-state index in [2.05, 4.69) is 5.18 Å². The SMILES string of the molecule is CCN=O.NCCO. The molecule has 0 aliphatic carbocycles. The van der Waals surface area contributed by atoms with Crippen molar-refractivity contribution in [3.63, 3.8) is 0 Å². The van der Waals surface area contributed by atoms with Crippen LogP contribution in [0.5, 0.6) is 0 Å². The minimum Gasteiger partial charge on any atom is -0.395 e. The topological polar surface area (TPSA) is 75.7 Å². The second kappa shape index (κ2) is 16.0. The number of nitrogens with zero attached hydrogens (tertiary/aromatic N) is 1. The highest BCUT2D eigenvalue weighted by molar-refractivity contribution is 4.20. The van der Waals surface area contributed by atoms with E-state index in [1.54, 1.807) is 6.92 Å². The Morgan fingerprint density at radius 1 is 1.75 bits per heavy atom. The molecule has 0 amide bonds. The molecule has 0 bridgehead atoms. The van der Waals surface area contributed by atoms with Gasteiger partial charge in [0.15, 0.2) is 0 Å². The van der Waals surface area contributed by atoms with E-state index in [-0.39, 0.29) is 6.61 Å². The van der Waals surface area contributed by atoms with Gasteiger partial charge in [0.25, 0.3) is 0 Å². The van der Waals surface area contributed by atoms with Crippen LogP contribution in [0.3, 0.4) is 0 Å². The van der Waals surface area contributed by atoms with Crippen LogP contribution in [0.2, 0.25) is 0 Å². The van der Waals surface area contributed by atoms with Crippen LogP contribution in [-0.4, -0.2) is 24.8 Å². The van der Waals surface area contributed by atoms with Crippen molar-refractivity contribution < 1.29 is 5.11 Å². The smallest absolute Gasteiger partial charge is 0.0783 e. The van der Waals surface area contributed by atoms with Crippen LogP contribution in [0.15, 0.2) is 5.18 Å². The molecule has 0 aromatic heterocycles. The van der Waals surface area contributed by atoms with E-state index in [1.807, 2.05) is 0 Å². The monoisotopic (exact) mass is 120 g/mol. The van der Waals surface area contributed by atoms with E-state index in [0.717, 1.165) is 0 Å². The Kier molecular flexibility index (Phi) is 21.0. The van der Waals surface area contributed by atoms with E-state index >= 15 is 0 Å². The van der Waals surface area contributed by atoms with Crippen LogP contribution in [0, 0.1) is 4.91 Å². The van der Waals surface area contributed by atoms with Gasteiger partial charge in [0, 0.05) is 6.54 Å². The molecule has 0 spiro atoms. The molecule has 0 aliphatic rings. The van der Waals surface area contributed by atoms with E-state index in [0.29, 0.717) is 13.1 Å². The lowest BCUT2D eigenvalue weighted by atomic mass is 10.8. The standard InChI is InChI=1S/C2H5NO.C2H7NO/c1-2-3-4;3-1-2-4/h2H2,1H3;4H,1-3H2. The summed E-state index contributed by atoms with van der Waals surface area (Å²) in [5, 5.41) is 10.2. The van der Waals surface area contributed by atoms with E-state index in [9.17, 15) is 0 Å². The Labute approximate surface area is 48.7 Å². The van der Waals surface area contributed by atoms with Crippen molar-refractivity contribution in [2.75, 3.05) is 19.7 Å². The summed E-state index contributed by atoms with van der Waals surface area (Å²) in [5.41, 5.74) is 4.78. The van der Waals surface area contributed by atoms with Crippen molar-refractivity contribution in [2.24, 2.45) is 10.9 Å². The van der Waals surface area contributed by atoms with Gasteiger partial charge in [0.2, 0.25) is 0 Å². The Morgan fingerprint density at radius 3 is 2.00 bits per heavy atom. The predicted octanol–water partition coefficient (Wildman–Crippen LogP) is -0.290. The maximum Gasteiger partial charge on any atom is 0.0783 e. The molecule has 0 heterocycles. The third-order valence-electron chi connectivity index (χ3n) is 0.258. The van der Waals surface area contributed by atoms with E-state index in [4.69, 9.17) is 15.7 Å². The lowest BCUT2D eigenvalue weighted by molar-refractivity contribution is 0.306. The van der Waals surface area contributed by atoms with Crippen LogP contribution in [0.25, 0.3) is 0 Å². The van der Waals surface area contributed by atoms with Gasteiger partial charge < -0.3 is 10.8 Å². The lowest BCUT2D eigenvalue weighted by Gasteiger charge is -1.71. The normalized spacial score (nSPS) is 6.88. The summed E-state index contributed by atoms with van der Waals surface area (Å²) < 4.78 is 0. The Morgan fingerprint density at radius 2 is 2.00 bits per heavy atom. The number of rotatable bonds is 2. The van der Waals surface area contributed by atoms with Crippen molar-refractivity contribution in [1.82, 2.24) is 0 Å². The molecule has 0 unspecified atom stereocenters. The number of hydrogen-bond donors (Lipinski definition) is 2. The van der Waals surface area contributed by atoms with Gasteiger partial charge in [0.1, 0.15) is 0 Å². The zero-order valence-electron chi connectivity index (χ0n) is 5.00. The first-order valence-electron chi connectivity index (χ1n) is 2.43. The van der Waals surface area contributed by atoms with Crippen molar-refractivity contribution in [3.8, 4) is 0 Å².